The molecule has 0 bridgehead atoms. The minimum atomic E-state index is 0. The maximum absolute atomic E-state index is 2.32. The van der Waals surface area contributed by atoms with Crippen molar-refractivity contribution in [1.29, 1.82) is 0 Å². The van der Waals surface area contributed by atoms with Crippen molar-refractivity contribution < 1.29 is 51.0 Å². The van der Waals surface area contributed by atoms with E-state index in [1.165, 1.54) is 27.5 Å². The number of rotatable bonds is 1. The van der Waals surface area contributed by atoms with Crippen molar-refractivity contribution >= 4 is 10.8 Å². The van der Waals surface area contributed by atoms with Gasteiger partial charge in [0.15, 0.2) is 0 Å². The van der Waals surface area contributed by atoms with E-state index < -0.39 is 0 Å². The topological polar surface area (TPSA) is 0 Å². The summed E-state index contributed by atoms with van der Waals surface area (Å²) in [7, 11) is 0. The zero-order chi connectivity index (χ0) is 10.3. The van der Waals surface area contributed by atoms with Crippen LogP contribution in [-0.4, -0.2) is 0 Å². The van der Waals surface area contributed by atoms with Crippen LogP contribution in [0, 0.1) is 13.8 Å². The molecule has 0 fully saturated rings. The molecule has 0 spiro atoms. The Morgan fingerprint density at radius 1 is 1.00 bits per heavy atom. The Hall–Kier alpha value is 0.293. The van der Waals surface area contributed by atoms with Gasteiger partial charge in [-0.25, -0.2) is 0 Å². The second-order valence-electron chi connectivity index (χ2n) is 4.53. The second kappa shape index (κ2) is 7.67. The summed E-state index contributed by atoms with van der Waals surface area (Å²) in [4.78, 5) is 0. The van der Waals surface area contributed by atoms with Gasteiger partial charge in [0.1, 0.15) is 0 Å². The largest absolute Gasteiger partial charge is 3.00 e. The minimum absolute atomic E-state index is 0. The van der Waals surface area contributed by atoms with Gasteiger partial charge in [-0.15, -0.1) is 28.5 Å². The molecule has 2 aromatic rings. The van der Waals surface area contributed by atoms with E-state index in [1.807, 2.05) is 0 Å². The molecule has 3 heteroatoms. The molecule has 2 rings (SSSR count). The van der Waals surface area contributed by atoms with E-state index >= 15 is 0 Å². The average molecular weight is 347 g/mol. The Bertz CT molecular complexity index is 472. The fourth-order valence-corrected chi connectivity index (χ4v) is 2.02. The number of benzene rings is 1. The van der Waals surface area contributed by atoms with E-state index in [-0.39, 0.29) is 51.0 Å². The monoisotopic (exact) mass is 345 g/mol. The Morgan fingerprint density at radius 3 is 2.12 bits per heavy atom. The van der Waals surface area contributed by atoms with E-state index in [2.05, 4.69) is 52.0 Å². The van der Waals surface area contributed by atoms with Gasteiger partial charge in [-0.3, -0.25) is 0 Å². The fourth-order valence-electron chi connectivity index (χ4n) is 2.02. The van der Waals surface area contributed by atoms with Crippen LogP contribution in [0.25, 0.3) is 10.8 Å². The molecule has 91 valence electrons. The van der Waals surface area contributed by atoms with Gasteiger partial charge in [-0.1, -0.05) is 38.0 Å². The average Bonchev–Trinajstić information content (AvgIpc) is 2.45. The number of hydrogen-bond acceptors (Lipinski definition) is 0. The van der Waals surface area contributed by atoms with E-state index in [0.717, 1.165) is 0 Å². The van der Waals surface area contributed by atoms with Gasteiger partial charge in [0, 0.05) is 0 Å². The summed E-state index contributed by atoms with van der Waals surface area (Å²) >= 11 is 0. The Morgan fingerprint density at radius 2 is 1.59 bits per heavy atom. The van der Waals surface area contributed by atoms with Gasteiger partial charge < -0.3 is 24.8 Å². The van der Waals surface area contributed by atoms with Crippen LogP contribution in [0.1, 0.15) is 36.5 Å². The van der Waals surface area contributed by atoms with E-state index in [4.69, 9.17) is 0 Å². The normalized spacial score (nSPS) is 9.47. The molecule has 2 aromatic carbocycles. The molecule has 1 radical (unpaired) electrons. The van der Waals surface area contributed by atoms with Crippen molar-refractivity contribution in [3.63, 3.8) is 0 Å². The smallest absolute Gasteiger partial charge is 1.00 e. The summed E-state index contributed by atoms with van der Waals surface area (Å²) in [6.45, 7) is 8.86. The SMILES string of the molecule is Cc1cc2c(C)cc(C(C)C)cc2[cH-]1.[Cl-].[Cl-].[Zr+3]. The first-order valence-electron chi connectivity index (χ1n) is 5.25. The number of fused-ring (bicyclic) bond motifs is 1. The molecule has 0 heterocycles. The van der Waals surface area contributed by atoms with Gasteiger partial charge in [0.25, 0.3) is 0 Å². The number of aryl methyl sites for hydroxylation is 2. The number of hydrogen-bond donors (Lipinski definition) is 0. The zero-order valence-electron chi connectivity index (χ0n) is 10.6. The molecule has 0 nitrogen and oxygen atoms in total. The van der Waals surface area contributed by atoms with Crippen molar-refractivity contribution in [3.05, 3.63) is 41.0 Å². The third-order valence-electron chi connectivity index (χ3n) is 2.86. The van der Waals surface area contributed by atoms with E-state index in [1.54, 1.807) is 0 Å². The van der Waals surface area contributed by atoms with Gasteiger partial charge in [-0.2, -0.15) is 6.07 Å². The molecule has 17 heavy (non-hydrogen) atoms. The van der Waals surface area contributed by atoms with E-state index in [0.29, 0.717) is 5.92 Å². The Labute approximate surface area is 135 Å². The predicted octanol–water partition coefficient (Wildman–Crippen LogP) is -1.70. The molecule has 0 saturated carbocycles. The fraction of sp³-hybridized carbons (Fsp3) is 0.357. The Kier molecular flexibility index (Phi) is 8.85. The van der Waals surface area contributed by atoms with Crippen molar-refractivity contribution in [2.75, 3.05) is 0 Å². The predicted molar refractivity (Wildman–Crippen MR) is 63.1 cm³/mol. The molecule has 0 aliphatic heterocycles. The standard InChI is InChI=1S/C14H17.2ClH.Zr/c1-9(2)12-7-11(4)14-6-10(3)5-13(14)8-12;;;/h5-9H,1-4H3;2*1H;/q-1;;;+3/p-2. The van der Waals surface area contributed by atoms with E-state index in [9.17, 15) is 0 Å². The van der Waals surface area contributed by atoms with Crippen LogP contribution in [-0.2, 0) is 26.2 Å². The van der Waals surface area contributed by atoms with Crippen LogP contribution in [0.4, 0.5) is 0 Å². The van der Waals surface area contributed by atoms with Crippen LogP contribution in [0.5, 0.6) is 0 Å². The second-order valence-corrected chi connectivity index (χ2v) is 4.53. The zero-order valence-corrected chi connectivity index (χ0v) is 14.6. The third kappa shape index (κ3) is 4.16. The molecule has 0 N–H and O–H groups in total. The van der Waals surface area contributed by atoms with Gasteiger partial charge in [0.2, 0.25) is 0 Å². The summed E-state index contributed by atoms with van der Waals surface area (Å²) in [6, 6.07) is 9.18. The quantitative estimate of drug-likeness (QED) is 0.540. The maximum atomic E-state index is 2.32. The first kappa shape index (κ1) is 19.6. The first-order valence-corrected chi connectivity index (χ1v) is 5.25. The van der Waals surface area contributed by atoms with Crippen LogP contribution in [0.2, 0.25) is 0 Å². The number of halogens is 2. The Balaban J connectivity index is 0. The van der Waals surface area contributed by atoms with Gasteiger partial charge >= 0.3 is 26.2 Å². The first-order chi connectivity index (χ1) is 6.58. The van der Waals surface area contributed by atoms with Crippen LogP contribution < -0.4 is 24.8 Å². The van der Waals surface area contributed by atoms with Crippen LogP contribution >= 0.6 is 0 Å². The summed E-state index contributed by atoms with van der Waals surface area (Å²) in [5, 5.41) is 2.80. The molecular weight excluding hydrogens is 330 g/mol. The summed E-state index contributed by atoms with van der Waals surface area (Å²) < 4.78 is 0. The summed E-state index contributed by atoms with van der Waals surface area (Å²) in [6.07, 6.45) is 0. The van der Waals surface area contributed by atoms with Crippen LogP contribution in [0.15, 0.2) is 24.3 Å². The minimum Gasteiger partial charge on any atom is -1.00 e. The maximum Gasteiger partial charge on any atom is 3.00 e. The molecule has 0 aliphatic carbocycles. The van der Waals surface area contributed by atoms with Gasteiger partial charge in [-0.05, 0) is 12.8 Å². The van der Waals surface area contributed by atoms with Crippen molar-refractivity contribution in [2.45, 2.75) is 33.6 Å². The van der Waals surface area contributed by atoms with Crippen LogP contribution in [0.3, 0.4) is 0 Å². The molecule has 0 aromatic heterocycles. The van der Waals surface area contributed by atoms with Crippen molar-refractivity contribution in [3.8, 4) is 0 Å². The summed E-state index contributed by atoms with van der Waals surface area (Å²) in [5.74, 6) is 0.619. The summed E-state index contributed by atoms with van der Waals surface area (Å²) in [5.41, 5.74) is 4.21. The third-order valence-corrected chi connectivity index (χ3v) is 2.86. The van der Waals surface area contributed by atoms with Gasteiger partial charge in [0.05, 0.1) is 0 Å². The van der Waals surface area contributed by atoms with Crippen molar-refractivity contribution in [2.24, 2.45) is 0 Å². The molecular formula is C14H17Cl2Zr. The molecule has 0 amide bonds. The molecule has 0 unspecified atom stereocenters. The molecule has 0 saturated heterocycles. The van der Waals surface area contributed by atoms with Crippen molar-refractivity contribution in [1.82, 2.24) is 0 Å². The molecule has 0 aliphatic rings. The molecule has 0 atom stereocenters.